The van der Waals surface area contributed by atoms with Gasteiger partial charge in [0.15, 0.2) is 0 Å². The number of carbonyl (C=O) groups excluding carboxylic acids is 1. The van der Waals surface area contributed by atoms with Gasteiger partial charge in [0.2, 0.25) is 5.91 Å². The second kappa shape index (κ2) is 6.56. The molecule has 0 radical (unpaired) electrons. The van der Waals surface area contributed by atoms with Gasteiger partial charge >= 0.3 is 6.18 Å². The van der Waals surface area contributed by atoms with Gasteiger partial charge in [-0.25, -0.2) is 0 Å². The lowest BCUT2D eigenvalue weighted by Gasteiger charge is -2.14. The Labute approximate surface area is 109 Å². The van der Waals surface area contributed by atoms with Crippen LogP contribution in [-0.4, -0.2) is 24.2 Å². The van der Waals surface area contributed by atoms with Gasteiger partial charge in [-0.1, -0.05) is 25.1 Å². The first kappa shape index (κ1) is 15.5. The number of nitrogens with one attached hydrogen (secondary N) is 1. The van der Waals surface area contributed by atoms with Crippen molar-refractivity contribution in [3.05, 3.63) is 35.4 Å². The summed E-state index contributed by atoms with van der Waals surface area (Å²) in [5.41, 5.74) is -0.249. The quantitative estimate of drug-likeness (QED) is 0.866. The van der Waals surface area contributed by atoms with E-state index in [2.05, 4.69) is 5.32 Å². The van der Waals surface area contributed by atoms with Crippen molar-refractivity contribution < 1.29 is 23.1 Å². The average molecular weight is 275 g/mol. The molecule has 1 atom stereocenters. The van der Waals surface area contributed by atoms with E-state index in [1.165, 1.54) is 6.07 Å². The zero-order valence-corrected chi connectivity index (χ0v) is 10.5. The minimum Gasteiger partial charge on any atom is -0.395 e. The SMILES string of the molecule is CC(CC(=O)NCCO)c1cccc(C(F)(F)F)c1. The van der Waals surface area contributed by atoms with Gasteiger partial charge in [-0.05, 0) is 17.5 Å². The monoisotopic (exact) mass is 275 g/mol. The number of alkyl halides is 3. The highest BCUT2D eigenvalue weighted by Crippen LogP contribution is 2.31. The summed E-state index contributed by atoms with van der Waals surface area (Å²) in [7, 11) is 0. The van der Waals surface area contributed by atoms with Crippen LogP contribution in [0.25, 0.3) is 0 Å². The summed E-state index contributed by atoms with van der Waals surface area (Å²) in [6.45, 7) is 1.67. The predicted octanol–water partition coefficient (Wildman–Crippen LogP) is 2.31. The molecule has 6 heteroatoms. The van der Waals surface area contributed by atoms with E-state index >= 15 is 0 Å². The molecular weight excluding hydrogens is 259 g/mol. The van der Waals surface area contributed by atoms with E-state index in [1.54, 1.807) is 13.0 Å². The summed E-state index contributed by atoms with van der Waals surface area (Å²) in [4.78, 5) is 11.4. The lowest BCUT2D eigenvalue weighted by Crippen LogP contribution is -2.27. The molecule has 0 bridgehead atoms. The van der Waals surface area contributed by atoms with Crippen LogP contribution in [0.1, 0.15) is 30.4 Å². The number of benzene rings is 1. The van der Waals surface area contributed by atoms with Crippen molar-refractivity contribution in [2.75, 3.05) is 13.2 Å². The lowest BCUT2D eigenvalue weighted by molar-refractivity contribution is -0.137. The summed E-state index contributed by atoms with van der Waals surface area (Å²) < 4.78 is 37.7. The molecule has 0 fully saturated rings. The van der Waals surface area contributed by atoms with Crippen molar-refractivity contribution in [3.8, 4) is 0 Å². The highest BCUT2D eigenvalue weighted by Gasteiger charge is 2.30. The fourth-order valence-corrected chi connectivity index (χ4v) is 1.68. The van der Waals surface area contributed by atoms with Gasteiger partial charge in [0.25, 0.3) is 0 Å². The Morgan fingerprint density at radius 1 is 1.42 bits per heavy atom. The Morgan fingerprint density at radius 3 is 2.68 bits per heavy atom. The fourth-order valence-electron chi connectivity index (χ4n) is 1.68. The summed E-state index contributed by atoms with van der Waals surface area (Å²) in [5.74, 6) is -0.611. The van der Waals surface area contributed by atoms with Crippen LogP contribution in [0, 0.1) is 0 Å². The van der Waals surface area contributed by atoms with E-state index in [0.29, 0.717) is 5.56 Å². The molecule has 0 spiro atoms. The topological polar surface area (TPSA) is 49.3 Å². The van der Waals surface area contributed by atoms with Gasteiger partial charge in [-0.15, -0.1) is 0 Å². The van der Waals surface area contributed by atoms with Gasteiger partial charge in [-0.2, -0.15) is 13.2 Å². The third-order valence-electron chi connectivity index (χ3n) is 2.71. The number of aliphatic hydroxyl groups is 1. The first-order valence-corrected chi connectivity index (χ1v) is 5.89. The van der Waals surface area contributed by atoms with Crippen molar-refractivity contribution in [1.29, 1.82) is 0 Å². The molecule has 0 aromatic heterocycles. The van der Waals surface area contributed by atoms with Crippen LogP contribution in [0.2, 0.25) is 0 Å². The molecule has 1 aromatic carbocycles. The second-order valence-corrected chi connectivity index (χ2v) is 4.30. The van der Waals surface area contributed by atoms with E-state index in [-0.39, 0.29) is 31.4 Å². The van der Waals surface area contributed by atoms with Crippen LogP contribution in [0.3, 0.4) is 0 Å². The van der Waals surface area contributed by atoms with Gasteiger partial charge in [-0.3, -0.25) is 4.79 Å². The molecule has 1 aromatic rings. The van der Waals surface area contributed by atoms with Crippen molar-refractivity contribution in [3.63, 3.8) is 0 Å². The van der Waals surface area contributed by atoms with Crippen molar-refractivity contribution >= 4 is 5.91 Å². The number of rotatable bonds is 5. The van der Waals surface area contributed by atoms with Crippen LogP contribution in [0.5, 0.6) is 0 Å². The average Bonchev–Trinajstić information content (AvgIpc) is 2.35. The van der Waals surface area contributed by atoms with E-state index < -0.39 is 11.7 Å². The number of carbonyl (C=O) groups is 1. The van der Waals surface area contributed by atoms with Crippen molar-refractivity contribution in [2.45, 2.75) is 25.4 Å². The Hall–Kier alpha value is -1.56. The molecule has 0 aliphatic heterocycles. The molecule has 1 unspecified atom stereocenters. The molecule has 0 heterocycles. The Kier molecular flexibility index (Phi) is 5.35. The molecule has 0 saturated heterocycles. The first-order valence-electron chi connectivity index (χ1n) is 5.89. The largest absolute Gasteiger partial charge is 0.416 e. The lowest BCUT2D eigenvalue weighted by atomic mass is 9.95. The summed E-state index contributed by atoms with van der Waals surface area (Å²) in [5, 5.41) is 11.0. The normalized spacial score (nSPS) is 13.1. The molecule has 19 heavy (non-hydrogen) atoms. The van der Waals surface area contributed by atoms with E-state index in [4.69, 9.17) is 5.11 Å². The van der Waals surface area contributed by atoms with E-state index in [0.717, 1.165) is 12.1 Å². The molecule has 1 amide bonds. The van der Waals surface area contributed by atoms with E-state index in [9.17, 15) is 18.0 Å². The van der Waals surface area contributed by atoms with Crippen LogP contribution >= 0.6 is 0 Å². The maximum Gasteiger partial charge on any atom is 0.416 e. The molecule has 0 aliphatic carbocycles. The minimum absolute atomic E-state index is 0.0846. The molecular formula is C13H16F3NO2. The van der Waals surface area contributed by atoms with Crippen LogP contribution in [0.4, 0.5) is 13.2 Å². The van der Waals surface area contributed by atoms with Crippen molar-refractivity contribution in [1.82, 2.24) is 5.32 Å². The molecule has 0 aliphatic rings. The number of aliphatic hydroxyl groups excluding tert-OH is 1. The van der Waals surface area contributed by atoms with Crippen molar-refractivity contribution in [2.24, 2.45) is 0 Å². The number of halogens is 3. The predicted molar refractivity (Wildman–Crippen MR) is 64.6 cm³/mol. The van der Waals surface area contributed by atoms with Crippen LogP contribution in [0.15, 0.2) is 24.3 Å². The number of hydrogen-bond donors (Lipinski definition) is 2. The third-order valence-corrected chi connectivity index (χ3v) is 2.71. The van der Waals surface area contributed by atoms with Crippen LogP contribution < -0.4 is 5.32 Å². The smallest absolute Gasteiger partial charge is 0.395 e. The minimum atomic E-state index is -4.38. The number of hydrogen-bond acceptors (Lipinski definition) is 2. The molecule has 106 valence electrons. The molecule has 0 saturated carbocycles. The highest BCUT2D eigenvalue weighted by atomic mass is 19.4. The zero-order valence-electron chi connectivity index (χ0n) is 10.5. The Balaban J connectivity index is 2.72. The molecule has 2 N–H and O–H groups in total. The maximum atomic E-state index is 12.6. The maximum absolute atomic E-state index is 12.6. The number of amides is 1. The Bertz CT molecular complexity index is 432. The van der Waals surface area contributed by atoms with Crippen LogP contribution in [-0.2, 0) is 11.0 Å². The third kappa shape index (κ3) is 4.90. The summed E-state index contributed by atoms with van der Waals surface area (Å²) in [6, 6.07) is 4.96. The fraction of sp³-hybridized carbons (Fsp3) is 0.462. The highest BCUT2D eigenvalue weighted by molar-refractivity contribution is 5.76. The standard InChI is InChI=1S/C13H16F3NO2/c1-9(7-12(19)17-5-6-18)10-3-2-4-11(8-10)13(14,15)16/h2-4,8-9,18H,5-7H2,1H3,(H,17,19). The van der Waals surface area contributed by atoms with Gasteiger partial charge in [0.05, 0.1) is 12.2 Å². The first-order chi connectivity index (χ1) is 8.84. The zero-order chi connectivity index (χ0) is 14.5. The second-order valence-electron chi connectivity index (χ2n) is 4.30. The summed E-state index contributed by atoms with van der Waals surface area (Å²) >= 11 is 0. The van der Waals surface area contributed by atoms with Gasteiger partial charge < -0.3 is 10.4 Å². The van der Waals surface area contributed by atoms with Gasteiger partial charge in [0, 0.05) is 13.0 Å². The van der Waals surface area contributed by atoms with Gasteiger partial charge in [0.1, 0.15) is 0 Å². The van der Waals surface area contributed by atoms with E-state index in [1.807, 2.05) is 0 Å². The Morgan fingerprint density at radius 2 is 2.11 bits per heavy atom. The molecule has 1 rings (SSSR count). The molecule has 3 nitrogen and oxygen atoms in total. The summed E-state index contributed by atoms with van der Waals surface area (Å²) in [6.07, 6.45) is -4.30.